The van der Waals surface area contributed by atoms with Crippen molar-refractivity contribution >= 4 is 35.0 Å². The van der Waals surface area contributed by atoms with Gasteiger partial charge in [-0.1, -0.05) is 11.6 Å². The summed E-state index contributed by atoms with van der Waals surface area (Å²) < 4.78 is 13.4. The number of carbonyl (C=O) groups excluding carboxylic acids is 3. The molecule has 0 radical (unpaired) electrons. The molecule has 1 aromatic carbocycles. The third kappa shape index (κ3) is 4.21. The maximum absolute atomic E-state index is 13.4. The highest BCUT2D eigenvalue weighted by Crippen LogP contribution is 2.47. The Morgan fingerprint density at radius 2 is 1.79 bits per heavy atom. The van der Waals surface area contributed by atoms with E-state index < -0.39 is 11.2 Å². The second kappa shape index (κ2) is 8.44. The molecule has 3 fully saturated rings. The predicted molar refractivity (Wildman–Crippen MR) is 120 cm³/mol. The lowest BCUT2D eigenvalue weighted by Gasteiger charge is -2.36. The average molecular weight is 474 g/mol. The standard InChI is InChI=1S/C23H25ClFN5O3/c24-16-11-13(25)1-4-17(16)30-10-9-23(22(30)33)7-5-15(6-8-23)29-21(32)19-18(26-12-27-19)20(31)28-14-2-3-14/h1,4,11-12,14-15H,2-3,5-10H2,(H,26,27)(H,28,31)(H,29,32)/t15-,23-. The third-order valence-corrected chi connectivity index (χ3v) is 7.29. The molecule has 1 aromatic heterocycles. The zero-order valence-corrected chi connectivity index (χ0v) is 18.8. The molecule has 174 valence electrons. The van der Waals surface area contributed by atoms with Crippen LogP contribution in [0.2, 0.25) is 5.02 Å². The lowest BCUT2D eigenvalue weighted by Crippen LogP contribution is -2.44. The van der Waals surface area contributed by atoms with Gasteiger partial charge in [-0.2, -0.15) is 0 Å². The highest BCUT2D eigenvalue weighted by Gasteiger charge is 2.49. The van der Waals surface area contributed by atoms with Crippen LogP contribution in [-0.4, -0.2) is 46.3 Å². The first-order valence-corrected chi connectivity index (χ1v) is 11.7. The van der Waals surface area contributed by atoms with Crippen LogP contribution in [0.1, 0.15) is 65.9 Å². The lowest BCUT2D eigenvalue weighted by atomic mass is 9.71. The summed E-state index contributed by atoms with van der Waals surface area (Å²) in [6, 6.07) is 4.15. The zero-order valence-electron chi connectivity index (χ0n) is 18.0. The van der Waals surface area contributed by atoms with Crippen molar-refractivity contribution in [1.82, 2.24) is 20.6 Å². The SMILES string of the molecule is O=C(NC1CC1)c1nc[nH]c1C(=O)N[C@H]1CC[C@@]2(CCN(c3ccc(F)cc3Cl)C2=O)CC1. The first-order chi connectivity index (χ1) is 15.9. The Morgan fingerprint density at radius 1 is 1.09 bits per heavy atom. The molecule has 3 aliphatic rings. The second-order valence-corrected chi connectivity index (χ2v) is 9.61. The number of amides is 3. The topological polar surface area (TPSA) is 107 Å². The summed E-state index contributed by atoms with van der Waals surface area (Å²) in [4.78, 5) is 46.8. The van der Waals surface area contributed by atoms with Crippen molar-refractivity contribution in [2.45, 2.75) is 57.0 Å². The van der Waals surface area contributed by atoms with Crippen molar-refractivity contribution in [1.29, 1.82) is 0 Å². The maximum atomic E-state index is 13.4. The number of carbonyl (C=O) groups is 3. The quantitative estimate of drug-likeness (QED) is 0.619. The second-order valence-electron chi connectivity index (χ2n) is 9.20. The number of nitrogens with zero attached hydrogens (tertiary/aromatic N) is 2. The fraction of sp³-hybridized carbons (Fsp3) is 0.478. The van der Waals surface area contributed by atoms with Crippen LogP contribution in [-0.2, 0) is 4.79 Å². The van der Waals surface area contributed by atoms with Crippen LogP contribution in [0.5, 0.6) is 0 Å². The predicted octanol–water partition coefficient (Wildman–Crippen LogP) is 3.19. The number of aromatic nitrogens is 2. The van der Waals surface area contributed by atoms with Gasteiger partial charge >= 0.3 is 0 Å². The molecule has 8 nitrogen and oxygen atoms in total. The Bertz CT molecular complexity index is 1110. The molecule has 3 amide bonds. The fourth-order valence-electron chi connectivity index (χ4n) is 4.91. The first-order valence-electron chi connectivity index (χ1n) is 11.3. The number of halogens is 2. The minimum absolute atomic E-state index is 0.00776. The van der Waals surface area contributed by atoms with Gasteiger partial charge < -0.3 is 20.5 Å². The molecule has 1 saturated heterocycles. The Balaban J connectivity index is 1.20. The Kier molecular flexibility index (Phi) is 5.60. The van der Waals surface area contributed by atoms with E-state index in [1.165, 1.54) is 18.5 Å². The molecule has 0 atom stereocenters. The zero-order chi connectivity index (χ0) is 23.2. The summed E-state index contributed by atoms with van der Waals surface area (Å²) >= 11 is 6.18. The van der Waals surface area contributed by atoms with E-state index in [4.69, 9.17) is 11.6 Å². The van der Waals surface area contributed by atoms with Gasteiger partial charge in [-0.3, -0.25) is 14.4 Å². The smallest absolute Gasteiger partial charge is 0.272 e. The summed E-state index contributed by atoms with van der Waals surface area (Å²) in [5, 5.41) is 6.06. The van der Waals surface area contributed by atoms with E-state index in [0.717, 1.165) is 12.8 Å². The van der Waals surface area contributed by atoms with E-state index in [2.05, 4.69) is 20.6 Å². The van der Waals surface area contributed by atoms with E-state index in [9.17, 15) is 18.8 Å². The molecule has 2 aliphatic carbocycles. The maximum Gasteiger partial charge on any atom is 0.272 e. The largest absolute Gasteiger partial charge is 0.348 e. The molecule has 5 rings (SSSR count). The van der Waals surface area contributed by atoms with Gasteiger partial charge in [-0.25, -0.2) is 9.37 Å². The number of hydrogen-bond acceptors (Lipinski definition) is 4. The Hall–Kier alpha value is -2.94. The summed E-state index contributed by atoms with van der Waals surface area (Å²) in [5.74, 6) is -1.14. The van der Waals surface area contributed by atoms with E-state index >= 15 is 0 Å². The Morgan fingerprint density at radius 3 is 2.48 bits per heavy atom. The normalized spacial score (nSPS) is 24.8. The van der Waals surface area contributed by atoms with Gasteiger partial charge in [0.2, 0.25) is 5.91 Å². The molecule has 0 unspecified atom stereocenters. The molecular formula is C23H25ClFN5O3. The number of nitrogens with one attached hydrogen (secondary N) is 3. The van der Waals surface area contributed by atoms with Crippen molar-refractivity contribution in [2.75, 3.05) is 11.4 Å². The molecule has 10 heteroatoms. The molecule has 0 bridgehead atoms. The average Bonchev–Trinajstić information content (AvgIpc) is 3.36. The van der Waals surface area contributed by atoms with Crippen LogP contribution >= 0.6 is 11.6 Å². The van der Waals surface area contributed by atoms with Crippen LogP contribution in [0, 0.1) is 11.2 Å². The molecule has 2 heterocycles. The summed E-state index contributed by atoms with van der Waals surface area (Å²) in [5.41, 5.74) is 0.306. The van der Waals surface area contributed by atoms with Crippen molar-refractivity contribution < 1.29 is 18.8 Å². The van der Waals surface area contributed by atoms with Crippen LogP contribution in [0.25, 0.3) is 0 Å². The third-order valence-electron chi connectivity index (χ3n) is 6.99. The monoisotopic (exact) mass is 473 g/mol. The number of H-pyrrole nitrogens is 1. The van der Waals surface area contributed by atoms with Crippen molar-refractivity contribution in [2.24, 2.45) is 5.41 Å². The van der Waals surface area contributed by atoms with Gasteiger partial charge in [0.15, 0.2) is 5.69 Å². The van der Waals surface area contributed by atoms with E-state index in [1.54, 1.807) is 11.0 Å². The number of hydrogen-bond donors (Lipinski definition) is 3. The lowest BCUT2D eigenvalue weighted by molar-refractivity contribution is -0.127. The number of rotatable bonds is 5. The molecule has 1 spiro atoms. The van der Waals surface area contributed by atoms with E-state index in [-0.39, 0.29) is 46.2 Å². The van der Waals surface area contributed by atoms with Crippen LogP contribution < -0.4 is 15.5 Å². The van der Waals surface area contributed by atoms with Crippen molar-refractivity contribution in [3.05, 3.63) is 46.8 Å². The van der Waals surface area contributed by atoms with Crippen LogP contribution in [0.4, 0.5) is 10.1 Å². The molecule has 2 saturated carbocycles. The van der Waals surface area contributed by atoms with Crippen LogP contribution in [0.3, 0.4) is 0 Å². The van der Waals surface area contributed by atoms with E-state index in [1.807, 2.05) is 0 Å². The van der Waals surface area contributed by atoms with Crippen LogP contribution in [0.15, 0.2) is 24.5 Å². The highest BCUT2D eigenvalue weighted by atomic mass is 35.5. The molecule has 33 heavy (non-hydrogen) atoms. The van der Waals surface area contributed by atoms with Gasteiger partial charge in [0, 0.05) is 18.6 Å². The minimum atomic E-state index is -0.484. The molecule has 2 aromatic rings. The summed E-state index contributed by atoms with van der Waals surface area (Å²) in [7, 11) is 0. The Labute approximate surface area is 195 Å². The van der Waals surface area contributed by atoms with Crippen molar-refractivity contribution in [3.63, 3.8) is 0 Å². The van der Waals surface area contributed by atoms with Gasteiger partial charge in [0.1, 0.15) is 11.5 Å². The van der Waals surface area contributed by atoms with Crippen molar-refractivity contribution in [3.8, 4) is 0 Å². The first kappa shape index (κ1) is 21.9. The summed E-state index contributed by atoms with van der Waals surface area (Å²) in [6.07, 6.45) is 6.54. The highest BCUT2D eigenvalue weighted by molar-refractivity contribution is 6.34. The molecular weight excluding hydrogens is 449 g/mol. The summed E-state index contributed by atoms with van der Waals surface area (Å²) in [6.45, 7) is 0.537. The van der Waals surface area contributed by atoms with E-state index in [0.29, 0.717) is 44.3 Å². The van der Waals surface area contributed by atoms with Gasteiger partial charge in [-0.15, -0.1) is 0 Å². The number of benzene rings is 1. The van der Waals surface area contributed by atoms with Gasteiger partial charge in [0.25, 0.3) is 11.8 Å². The number of aromatic amines is 1. The molecule has 1 aliphatic heterocycles. The minimum Gasteiger partial charge on any atom is -0.348 e. The van der Waals surface area contributed by atoms with Gasteiger partial charge in [0.05, 0.1) is 22.5 Å². The molecule has 3 N–H and O–H groups in total. The fourth-order valence-corrected chi connectivity index (χ4v) is 5.18. The number of anilines is 1. The van der Waals surface area contributed by atoms with Gasteiger partial charge in [-0.05, 0) is 63.1 Å². The number of imidazole rings is 1.